The van der Waals surface area contributed by atoms with Gasteiger partial charge in [0.25, 0.3) is 5.91 Å². The quantitative estimate of drug-likeness (QED) is 0.245. The van der Waals surface area contributed by atoms with Gasteiger partial charge in [0, 0.05) is 25.7 Å². The van der Waals surface area contributed by atoms with Gasteiger partial charge >= 0.3 is 6.18 Å². The molecule has 0 aromatic heterocycles. The Morgan fingerprint density at radius 3 is 2.34 bits per heavy atom. The average molecular weight is 564 g/mol. The van der Waals surface area contributed by atoms with Crippen molar-refractivity contribution in [3.05, 3.63) is 70.8 Å². The molecule has 0 aliphatic rings. The summed E-state index contributed by atoms with van der Waals surface area (Å²) in [4.78, 5) is 16.3. The number of nitrogens with one attached hydrogen (secondary N) is 3. The van der Waals surface area contributed by atoms with Gasteiger partial charge in [-0.1, -0.05) is 36.4 Å². The van der Waals surface area contributed by atoms with Crippen molar-refractivity contribution in [1.29, 1.82) is 0 Å². The highest BCUT2D eigenvalue weighted by atomic mass is 127. The molecule has 0 aliphatic carbocycles. The van der Waals surface area contributed by atoms with Crippen LogP contribution in [0.1, 0.15) is 34.0 Å². The molecule has 0 spiro atoms. The van der Waals surface area contributed by atoms with Crippen LogP contribution in [0.2, 0.25) is 0 Å². The lowest BCUT2D eigenvalue weighted by Gasteiger charge is -2.12. The van der Waals surface area contributed by atoms with Gasteiger partial charge < -0.3 is 20.7 Å². The molecule has 32 heavy (non-hydrogen) atoms. The topological polar surface area (TPSA) is 74.8 Å². The van der Waals surface area contributed by atoms with E-state index < -0.39 is 12.8 Å². The van der Waals surface area contributed by atoms with E-state index in [9.17, 15) is 18.0 Å². The zero-order valence-electron chi connectivity index (χ0n) is 18.0. The SMILES string of the molecule is CCNC(=NCc1cccc(C(=O)NC)c1)NCc1ccc(COCC(F)(F)F)cc1.I. The lowest BCUT2D eigenvalue weighted by Crippen LogP contribution is -2.36. The summed E-state index contributed by atoms with van der Waals surface area (Å²) in [6.45, 7) is 2.18. The average Bonchev–Trinajstić information content (AvgIpc) is 2.75. The first kappa shape index (κ1) is 27.7. The third kappa shape index (κ3) is 10.3. The normalized spacial score (nSPS) is 11.5. The van der Waals surface area contributed by atoms with Crippen molar-refractivity contribution in [1.82, 2.24) is 16.0 Å². The lowest BCUT2D eigenvalue weighted by molar-refractivity contribution is -0.176. The van der Waals surface area contributed by atoms with Crippen LogP contribution in [0.5, 0.6) is 0 Å². The molecule has 176 valence electrons. The van der Waals surface area contributed by atoms with E-state index in [1.54, 1.807) is 31.3 Å². The van der Waals surface area contributed by atoms with Crippen molar-refractivity contribution in [3.8, 4) is 0 Å². The predicted octanol–water partition coefficient (Wildman–Crippen LogP) is 4.00. The molecule has 0 atom stereocenters. The monoisotopic (exact) mass is 564 g/mol. The molecule has 2 rings (SSSR count). The number of hydrogen-bond acceptors (Lipinski definition) is 3. The van der Waals surface area contributed by atoms with E-state index in [1.165, 1.54) is 0 Å². The van der Waals surface area contributed by atoms with E-state index in [0.29, 0.717) is 36.7 Å². The molecule has 0 aliphatic heterocycles. The van der Waals surface area contributed by atoms with E-state index >= 15 is 0 Å². The van der Waals surface area contributed by atoms with Crippen molar-refractivity contribution in [2.24, 2.45) is 4.99 Å². The van der Waals surface area contributed by atoms with E-state index in [4.69, 9.17) is 0 Å². The van der Waals surface area contributed by atoms with Crippen molar-refractivity contribution >= 4 is 35.8 Å². The smallest absolute Gasteiger partial charge is 0.367 e. The predicted molar refractivity (Wildman–Crippen MR) is 129 cm³/mol. The summed E-state index contributed by atoms with van der Waals surface area (Å²) < 4.78 is 41.1. The van der Waals surface area contributed by atoms with Crippen LogP contribution in [0, 0.1) is 0 Å². The number of aliphatic imine (C=N–C) groups is 1. The van der Waals surface area contributed by atoms with Crippen molar-refractivity contribution < 1.29 is 22.7 Å². The molecular weight excluding hydrogens is 536 g/mol. The van der Waals surface area contributed by atoms with Gasteiger partial charge in [0.15, 0.2) is 5.96 Å². The van der Waals surface area contributed by atoms with Crippen LogP contribution in [-0.2, 0) is 24.4 Å². The number of benzene rings is 2. The van der Waals surface area contributed by atoms with Crippen LogP contribution in [0.15, 0.2) is 53.5 Å². The number of alkyl halides is 3. The fourth-order valence-electron chi connectivity index (χ4n) is 2.69. The zero-order chi connectivity index (χ0) is 22.7. The lowest BCUT2D eigenvalue weighted by atomic mass is 10.1. The first-order valence-corrected chi connectivity index (χ1v) is 9.86. The van der Waals surface area contributed by atoms with Gasteiger partial charge in [0.2, 0.25) is 0 Å². The molecule has 0 unspecified atom stereocenters. The maximum Gasteiger partial charge on any atom is 0.411 e. The standard InChI is InChI=1S/C22H27F3N4O2.HI/c1-3-27-21(29-13-18-5-4-6-19(11-18)20(30)26-2)28-12-16-7-9-17(10-8-16)14-31-15-22(23,24)25;/h4-11H,3,12-15H2,1-2H3,(H,26,30)(H2,27,28,29);1H. The van der Waals surface area contributed by atoms with Gasteiger partial charge in [-0.3, -0.25) is 4.79 Å². The Bertz CT molecular complexity index is 874. The fraction of sp³-hybridized carbons (Fsp3) is 0.364. The number of guanidine groups is 1. The highest BCUT2D eigenvalue weighted by Gasteiger charge is 2.27. The minimum absolute atomic E-state index is 0. The molecule has 3 N–H and O–H groups in total. The van der Waals surface area contributed by atoms with Gasteiger partial charge in [-0.25, -0.2) is 4.99 Å². The first-order valence-electron chi connectivity index (χ1n) is 9.86. The molecule has 2 aromatic carbocycles. The van der Waals surface area contributed by atoms with Crippen LogP contribution in [-0.4, -0.2) is 38.2 Å². The Labute approximate surface area is 203 Å². The maximum atomic E-state index is 12.1. The molecule has 0 saturated carbocycles. The Morgan fingerprint density at radius 2 is 1.72 bits per heavy atom. The number of carbonyl (C=O) groups excluding carboxylic acids is 1. The highest BCUT2D eigenvalue weighted by molar-refractivity contribution is 14.0. The Balaban J connectivity index is 0.00000512. The summed E-state index contributed by atoms with van der Waals surface area (Å²) in [7, 11) is 1.59. The number of nitrogens with zero attached hydrogens (tertiary/aromatic N) is 1. The molecule has 0 bridgehead atoms. The molecule has 0 heterocycles. The summed E-state index contributed by atoms with van der Waals surface area (Å²) in [5.41, 5.74) is 3.10. The first-order chi connectivity index (χ1) is 14.8. The van der Waals surface area contributed by atoms with Gasteiger partial charge in [0.1, 0.15) is 6.61 Å². The van der Waals surface area contributed by atoms with Crippen molar-refractivity contribution in [3.63, 3.8) is 0 Å². The third-order valence-corrected chi connectivity index (χ3v) is 4.20. The molecule has 10 heteroatoms. The van der Waals surface area contributed by atoms with E-state index in [1.807, 2.05) is 31.2 Å². The number of halogens is 4. The summed E-state index contributed by atoms with van der Waals surface area (Å²) in [5.74, 6) is 0.466. The van der Waals surface area contributed by atoms with Crippen LogP contribution in [0.25, 0.3) is 0 Å². The van der Waals surface area contributed by atoms with Crippen LogP contribution >= 0.6 is 24.0 Å². The largest absolute Gasteiger partial charge is 0.411 e. The van der Waals surface area contributed by atoms with E-state index in [-0.39, 0.29) is 36.5 Å². The second-order valence-corrected chi connectivity index (χ2v) is 6.75. The number of carbonyl (C=O) groups is 1. The van der Waals surface area contributed by atoms with E-state index in [0.717, 1.165) is 11.1 Å². The summed E-state index contributed by atoms with van der Waals surface area (Å²) in [6.07, 6.45) is -4.32. The molecule has 0 fully saturated rings. The van der Waals surface area contributed by atoms with Crippen molar-refractivity contribution in [2.75, 3.05) is 20.2 Å². The van der Waals surface area contributed by atoms with Gasteiger partial charge in [-0.05, 0) is 35.7 Å². The van der Waals surface area contributed by atoms with Gasteiger partial charge in [0.05, 0.1) is 13.2 Å². The second-order valence-electron chi connectivity index (χ2n) is 6.75. The molecular formula is C22H28F3IN4O2. The number of rotatable bonds is 9. The van der Waals surface area contributed by atoms with Crippen LogP contribution in [0.4, 0.5) is 13.2 Å². The fourth-order valence-corrected chi connectivity index (χ4v) is 2.69. The highest BCUT2D eigenvalue weighted by Crippen LogP contribution is 2.16. The number of amides is 1. The Hall–Kier alpha value is -2.34. The molecule has 0 radical (unpaired) electrons. The Kier molecular flexibility index (Phi) is 12.1. The van der Waals surface area contributed by atoms with E-state index in [2.05, 4.69) is 25.7 Å². The molecule has 0 saturated heterocycles. The Morgan fingerprint density at radius 1 is 1.03 bits per heavy atom. The van der Waals surface area contributed by atoms with Crippen LogP contribution < -0.4 is 16.0 Å². The zero-order valence-corrected chi connectivity index (χ0v) is 20.3. The summed E-state index contributed by atoms with van der Waals surface area (Å²) >= 11 is 0. The number of ether oxygens (including phenoxy) is 1. The van der Waals surface area contributed by atoms with Gasteiger partial charge in [-0.15, -0.1) is 24.0 Å². The van der Waals surface area contributed by atoms with Crippen molar-refractivity contribution in [2.45, 2.75) is 32.8 Å². The maximum absolute atomic E-state index is 12.1. The third-order valence-electron chi connectivity index (χ3n) is 4.20. The number of hydrogen-bond donors (Lipinski definition) is 3. The van der Waals surface area contributed by atoms with Crippen LogP contribution in [0.3, 0.4) is 0 Å². The minimum atomic E-state index is -4.32. The molecule has 6 nitrogen and oxygen atoms in total. The minimum Gasteiger partial charge on any atom is -0.367 e. The second kappa shape index (κ2) is 13.9. The molecule has 2 aromatic rings. The summed E-state index contributed by atoms with van der Waals surface area (Å²) in [6, 6.07) is 14.4. The van der Waals surface area contributed by atoms with Gasteiger partial charge in [-0.2, -0.15) is 13.2 Å². The molecule has 1 amide bonds. The summed E-state index contributed by atoms with van der Waals surface area (Å²) in [5, 5.41) is 8.97.